The third kappa shape index (κ3) is 4.77. The van der Waals surface area contributed by atoms with E-state index in [-0.39, 0.29) is 11.6 Å². The smallest absolute Gasteiger partial charge is 0.294 e. The number of amides is 1. The number of hydrogen-bond donors (Lipinski definition) is 1. The number of para-hydroxylation sites is 1. The Bertz CT molecular complexity index is 978. The van der Waals surface area contributed by atoms with E-state index >= 15 is 0 Å². The van der Waals surface area contributed by atoms with Crippen molar-refractivity contribution in [2.75, 3.05) is 31.1 Å². The summed E-state index contributed by atoms with van der Waals surface area (Å²) in [6, 6.07) is 9.69. The van der Waals surface area contributed by atoms with Crippen LogP contribution in [0.3, 0.4) is 0 Å². The Hall–Kier alpha value is -2.42. The van der Waals surface area contributed by atoms with Crippen molar-refractivity contribution in [1.82, 2.24) is 10.2 Å². The number of anilines is 1. The standard InChI is InChI=1S/C19H18Cl2N4O3S/c1-12-5-6-13(11-15(12)21)18(26)22-19(29)24-9-7-23(8-10-24)17-14(20)3-2-4-16(17)25(27)28/h2-6,11H,7-10H2,1H3,(H,22,26,29). The lowest BCUT2D eigenvalue weighted by molar-refractivity contribution is -0.384. The molecule has 0 radical (unpaired) electrons. The van der Waals surface area contributed by atoms with Crippen molar-refractivity contribution >= 4 is 57.8 Å². The summed E-state index contributed by atoms with van der Waals surface area (Å²) >= 11 is 17.7. The number of rotatable bonds is 3. The van der Waals surface area contributed by atoms with Crippen LogP contribution in [0.4, 0.5) is 11.4 Å². The summed E-state index contributed by atoms with van der Waals surface area (Å²) in [5.74, 6) is -0.332. The van der Waals surface area contributed by atoms with Crippen LogP contribution in [0.25, 0.3) is 0 Å². The minimum Gasteiger partial charge on any atom is -0.361 e. The molecule has 0 atom stereocenters. The van der Waals surface area contributed by atoms with Gasteiger partial charge in [0.2, 0.25) is 0 Å². The van der Waals surface area contributed by atoms with Gasteiger partial charge in [-0.1, -0.05) is 35.3 Å². The fourth-order valence-corrected chi connectivity index (χ4v) is 3.82. The van der Waals surface area contributed by atoms with Gasteiger partial charge in [0.1, 0.15) is 5.69 Å². The number of nitro benzene ring substituents is 1. The van der Waals surface area contributed by atoms with Gasteiger partial charge in [-0.3, -0.25) is 20.2 Å². The average Bonchev–Trinajstić information content (AvgIpc) is 2.69. The Morgan fingerprint density at radius 2 is 1.83 bits per heavy atom. The minimum atomic E-state index is -0.439. The van der Waals surface area contributed by atoms with Crippen molar-refractivity contribution in [2.45, 2.75) is 6.92 Å². The molecule has 7 nitrogen and oxygen atoms in total. The molecule has 0 spiro atoms. The lowest BCUT2D eigenvalue weighted by Crippen LogP contribution is -2.52. The topological polar surface area (TPSA) is 78.7 Å². The third-order valence-electron chi connectivity index (χ3n) is 4.70. The zero-order valence-corrected chi connectivity index (χ0v) is 17.9. The molecule has 0 aromatic heterocycles. The molecule has 0 aliphatic carbocycles. The minimum absolute atomic E-state index is 0.0296. The molecule has 1 heterocycles. The number of carbonyl (C=O) groups is 1. The molecular weight excluding hydrogens is 435 g/mol. The summed E-state index contributed by atoms with van der Waals surface area (Å²) in [7, 11) is 0. The molecule has 1 saturated heterocycles. The number of aryl methyl sites for hydroxylation is 1. The van der Waals surface area contributed by atoms with Crippen LogP contribution < -0.4 is 10.2 Å². The predicted octanol–water partition coefficient (Wildman–Crippen LogP) is 4.05. The Kier molecular flexibility index (Phi) is 6.56. The van der Waals surface area contributed by atoms with Gasteiger partial charge in [-0.2, -0.15) is 0 Å². The second-order valence-electron chi connectivity index (χ2n) is 6.56. The molecule has 2 aromatic rings. The van der Waals surface area contributed by atoms with Crippen molar-refractivity contribution in [3.8, 4) is 0 Å². The van der Waals surface area contributed by atoms with Crippen molar-refractivity contribution in [1.29, 1.82) is 0 Å². The third-order valence-corrected chi connectivity index (χ3v) is 5.77. The van der Waals surface area contributed by atoms with Gasteiger partial charge in [-0.05, 0) is 42.9 Å². The molecule has 0 unspecified atom stereocenters. The van der Waals surface area contributed by atoms with E-state index in [9.17, 15) is 14.9 Å². The molecule has 0 saturated carbocycles. The molecule has 1 amide bonds. The van der Waals surface area contributed by atoms with Gasteiger partial charge in [0.15, 0.2) is 5.11 Å². The SMILES string of the molecule is Cc1ccc(C(=O)NC(=S)N2CCN(c3c(Cl)cccc3[N+](=O)[O-])CC2)cc1Cl. The normalized spacial score (nSPS) is 13.9. The number of piperazine rings is 1. The van der Waals surface area contributed by atoms with E-state index in [0.717, 1.165) is 5.56 Å². The Labute approximate surface area is 183 Å². The van der Waals surface area contributed by atoms with Gasteiger partial charge in [-0.15, -0.1) is 0 Å². The van der Waals surface area contributed by atoms with Crippen molar-refractivity contribution in [3.63, 3.8) is 0 Å². The molecule has 29 heavy (non-hydrogen) atoms. The number of benzene rings is 2. The zero-order chi connectivity index (χ0) is 21.1. The summed E-state index contributed by atoms with van der Waals surface area (Å²) < 4.78 is 0. The molecule has 0 bridgehead atoms. The van der Waals surface area contributed by atoms with E-state index in [1.54, 1.807) is 30.3 Å². The van der Waals surface area contributed by atoms with Gasteiger partial charge >= 0.3 is 0 Å². The summed E-state index contributed by atoms with van der Waals surface area (Å²) in [5, 5.41) is 15.2. The number of hydrogen-bond acceptors (Lipinski definition) is 5. The zero-order valence-electron chi connectivity index (χ0n) is 15.5. The molecule has 1 N–H and O–H groups in total. The maximum absolute atomic E-state index is 12.4. The Morgan fingerprint density at radius 3 is 2.45 bits per heavy atom. The van der Waals surface area contributed by atoms with Crippen LogP contribution in [0.5, 0.6) is 0 Å². The fraction of sp³-hybridized carbons (Fsp3) is 0.263. The molecule has 1 fully saturated rings. The number of carbonyl (C=O) groups excluding carboxylic acids is 1. The summed E-state index contributed by atoms with van der Waals surface area (Å²) in [4.78, 5) is 27.0. The van der Waals surface area contributed by atoms with E-state index in [1.165, 1.54) is 6.07 Å². The molecule has 152 valence electrons. The van der Waals surface area contributed by atoms with Gasteiger partial charge in [0.05, 0.1) is 9.95 Å². The van der Waals surface area contributed by atoms with E-state index < -0.39 is 4.92 Å². The second-order valence-corrected chi connectivity index (χ2v) is 7.76. The van der Waals surface area contributed by atoms with E-state index in [1.807, 2.05) is 16.7 Å². The second kappa shape index (κ2) is 8.94. The number of thiocarbonyl (C=S) groups is 1. The van der Waals surface area contributed by atoms with Crippen LogP contribution >= 0.6 is 35.4 Å². The highest BCUT2D eigenvalue weighted by molar-refractivity contribution is 7.80. The first kappa shape index (κ1) is 21.3. The summed E-state index contributed by atoms with van der Waals surface area (Å²) in [5.41, 5.74) is 1.69. The van der Waals surface area contributed by atoms with E-state index in [4.69, 9.17) is 35.4 Å². The molecule has 1 aliphatic heterocycles. The number of nitro groups is 1. The Balaban J connectivity index is 1.64. The van der Waals surface area contributed by atoms with Gasteiger partial charge < -0.3 is 9.80 Å². The van der Waals surface area contributed by atoms with Crippen LogP contribution in [0.15, 0.2) is 36.4 Å². The molecule has 3 rings (SSSR count). The highest BCUT2D eigenvalue weighted by Gasteiger charge is 2.27. The van der Waals surface area contributed by atoms with Gasteiger partial charge in [0, 0.05) is 42.8 Å². The maximum Gasteiger partial charge on any atom is 0.294 e. The van der Waals surface area contributed by atoms with Crippen LogP contribution in [-0.2, 0) is 0 Å². The quantitative estimate of drug-likeness (QED) is 0.429. The molecule has 2 aromatic carbocycles. The highest BCUT2D eigenvalue weighted by atomic mass is 35.5. The molecular formula is C19H18Cl2N4O3S. The summed E-state index contributed by atoms with van der Waals surface area (Å²) in [6.45, 7) is 3.82. The van der Waals surface area contributed by atoms with Crippen LogP contribution in [0.2, 0.25) is 10.0 Å². The fourth-order valence-electron chi connectivity index (χ4n) is 3.08. The van der Waals surface area contributed by atoms with Crippen LogP contribution in [-0.4, -0.2) is 47.0 Å². The highest BCUT2D eigenvalue weighted by Crippen LogP contribution is 2.35. The number of halogens is 2. The number of nitrogens with zero attached hydrogens (tertiary/aromatic N) is 3. The first-order valence-electron chi connectivity index (χ1n) is 8.82. The summed E-state index contributed by atoms with van der Waals surface area (Å²) in [6.07, 6.45) is 0. The van der Waals surface area contributed by atoms with Gasteiger partial charge in [-0.25, -0.2) is 0 Å². The van der Waals surface area contributed by atoms with Gasteiger partial charge in [0.25, 0.3) is 11.6 Å². The first-order valence-corrected chi connectivity index (χ1v) is 9.98. The molecule has 1 aliphatic rings. The van der Waals surface area contributed by atoms with Crippen molar-refractivity contribution in [3.05, 3.63) is 67.7 Å². The van der Waals surface area contributed by atoms with Crippen LogP contribution in [0.1, 0.15) is 15.9 Å². The largest absolute Gasteiger partial charge is 0.361 e. The predicted molar refractivity (Wildman–Crippen MR) is 118 cm³/mol. The van der Waals surface area contributed by atoms with E-state index in [2.05, 4.69) is 5.32 Å². The maximum atomic E-state index is 12.4. The monoisotopic (exact) mass is 452 g/mol. The van der Waals surface area contributed by atoms with Crippen molar-refractivity contribution < 1.29 is 9.72 Å². The average molecular weight is 453 g/mol. The Morgan fingerprint density at radius 1 is 1.14 bits per heavy atom. The lowest BCUT2D eigenvalue weighted by atomic mass is 10.1. The van der Waals surface area contributed by atoms with Crippen molar-refractivity contribution in [2.24, 2.45) is 0 Å². The number of nitrogens with one attached hydrogen (secondary N) is 1. The van der Waals surface area contributed by atoms with E-state index in [0.29, 0.717) is 52.6 Å². The lowest BCUT2D eigenvalue weighted by Gasteiger charge is -2.37. The molecule has 10 heteroatoms. The van der Waals surface area contributed by atoms with Crippen LogP contribution in [0, 0.1) is 17.0 Å². The first-order chi connectivity index (χ1) is 13.8.